The summed E-state index contributed by atoms with van der Waals surface area (Å²) in [7, 11) is 2.09. The Kier molecular flexibility index (Phi) is 8.53. The van der Waals surface area contributed by atoms with E-state index in [0.717, 1.165) is 61.5 Å². The Morgan fingerprint density at radius 1 is 0.949 bits per heavy atom. The summed E-state index contributed by atoms with van der Waals surface area (Å²) < 4.78 is 0. The van der Waals surface area contributed by atoms with Gasteiger partial charge in [-0.3, -0.25) is 9.59 Å². The normalized spacial score (nSPS) is 17.9. The minimum Gasteiger partial charge on any atom is -0.381 e. The van der Waals surface area contributed by atoms with E-state index in [1.54, 1.807) is 0 Å². The van der Waals surface area contributed by atoms with Crippen molar-refractivity contribution < 1.29 is 9.59 Å². The molecule has 2 aliphatic heterocycles. The van der Waals surface area contributed by atoms with Crippen LogP contribution in [0.3, 0.4) is 0 Å². The number of carbonyl (C=O) groups excluding carboxylic acids is 2. The minimum absolute atomic E-state index is 0.0250. The Morgan fingerprint density at radius 2 is 1.69 bits per heavy atom. The van der Waals surface area contributed by atoms with Crippen LogP contribution >= 0.6 is 11.6 Å². The largest absolute Gasteiger partial charge is 0.381 e. The van der Waals surface area contributed by atoms with E-state index >= 15 is 0 Å². The Bertz CT molecular complexity index is 1320. The van der Waals surface area contributed by atoms with Crippen LogP contribution in [0.1, 0.15) is 52.2 Å². The number of hydrogen-bond donors (Lipinski definition) is 1. The highest BCUT2D eigenvalue weighted by molar-refractivity contribution is 6.30. The highest BCUT2D eigenvalue weighted by Gasteiger charge is 2.30. The molecule has 2 amide bonds. The van der Waals surface area contributed by atoms with E-state index in [1.807, 2.05) is 64.4 Å². The van der Waals surface area contributed by atoms with Crippen LogP contribution in [0.25, 0.3) is 0 Å². The topological polar surface area (TPSA) is 55.9 Å². The smallest absolute Gasteiger partial charge is 0.258 e. The van der Waals surface area contributed by atoms with Gasteiger partial charge in [-0.05, 0) is 85.8 Å². The number of rotatable bonds is 6. The fraction of sp³-hybridized carbons (Fsp3) is 0.375. The van der Waals surface area contributed by atoms with Crippen molar-refractivity contribution in [3.63, 3.8) is 0 Å². The zero-order valence-corrected chi connectivity index (χ0v) is 23.6. The SMILES string of the molecule is Cc1ccccc1NCc1ccc(C(=O)N2CCCC(CC(=O)N3CCN(C)CC3)c3cc(Cl)ccc32)cc1. The van der Waals surface area contributed by atoms with Gasteiger partial charge in [0.25, 0.3) is 5.91 Å². The molecule has 0 bridgehead atoms. The first-order valence-corrected chi connectivity index (χ1v) is 14.2. The number of benzene rings is 3. The maximum Gasteiger partial charge on any atom is 0.258 e. The van der Waals surface area contributed by atoms with Gasteiger partial charge in [0.2, 0.25) is 5.91 Å². The van der Waals surface area contributed by atoms with Gasteiger partial charge < -0.3 is 20.0 Å². The van der Waals surface area contributed by atoms with Crippen LogP contribution in [0.2, 0.25) is 5.02 Å². The Hall–Kier alpha value is -3.35. The lowest BCUT2D eigenvalue weighted by molar-refractivity contribution is -0.133. The Balaban J connectivity index is 1.30. The number of nitrogens with one attached hydrogen (secondary N) is 1. The molecule has 39 heavy (non-hydrogen) atoms. The zero-order valence-electron chi connectivity index (χ0n) is 22.8. The second-order valence-electron chi connectivity index (χ2n) is 10.8. The van der Waals surface area contributed by atoms with Crippen molar-refractivity contribution in [3.8, 4) is 0 Å². The molecule has 2 aliphatic rings. The average Bonchev–Trinajstić information content (AvgIpc) is 3.12. The molecule has 204 valence electrons. The summed E-state index contributed by atoms with van der Waals surface area (Å²) in [6, 6.07) is 21.8. The first-order chi connectivity index (χ1) is 18.9. The third kappa shape index (κ3) is 6.45. The molecule has 0 aromatic heterocycles. The number of piperazine rings is 1. The van der Waals surface area contributed by atoms with Gasteiger partial charge in [0.1, 0.15) is 0 Å². The quantitative estimate of drug-likeness (QED) is 0.417. The molecule has 0 spiro atoms. The number of anilines is 2. The molecular formula is C32H37ClN4O2. The second kappa shape index (κ2) is 12.2. The molecule has 1 N–H and O–H groups in total. The maximum absolute atomic E-state index is 13.7. The van der Waals surface area contributed by atoms with Gasteiger partial charge in [-0.15, -0.1) is 0 Å². The van der Waals surface area contributed by atoms with E-state index in [2.05, 4.69) is 36.3 Å². The molecule has 1 fully saturated rings. The van der Waals surface area contributed by atoms with E-state index in [4.69, 9.17) is 11.6 Å². The molecule has 1 unspecified atom stereocenters. The molecule has 3 aromatic rings. The highest BCUT2D eigenvalue weighted by Crippen LogP contribution is 2.39. The summed E-state index contributed by atoms with van der Waals surface area (Å²) >= 11 is 6.43. The summed E-state index contributed by atoms with van der Waals surface area (Å²) in [5.74, 6) is 0.204. The standard InChI is InChI=1S/C32H37ClN4O2/c1-23-6-3-4-8-29(23)34-22-24-9-11-25(12-10-24)32(39)37-15-5-7-26(28-21-27(33)13-14-30(28)37)20-31(38)36-18-16-35(2)17-19-36/h3-4,6,8-14,21,26,34H,5,7,15-20,22H2,1-2H3. The molecule has 3 aromatic carbocycles. The van der Waals surface area contributed by atoms with Crippen molar-refractivity contribution in [1.82, 2.24) is 9.80 Å². The Labute approximate surface area is 236 Å². The van der Waals surface area contributed by atoms with Crippen molar-refractivity contribution in [2.75, 3.05) is 50.0 Å². The van der Waals surface area contributed by atoms with Crippen molar-refractivity contribution in [3.05, 3.63) is 94.0 Å². The first kappa shape index (κ1) is 27.2. The van der Waals surface area contributed by atoms with Crippen molar-refractivity contribution in [2.24, 2.45) is 0 Å². The van der Waals surface area contributed by atoms with Crippen LogP contribution in [0.15, 0.2) is 66.7 Å². The van der Waals surface area contributed by atoms with Gasteiger partial charge in [0.05, 0.1) is 0 Å². The second-order valence-corrected chi connectivity index (χ2v) is 11.2. The summed E-state index contributed by atoms with van der Waals surface area (Å²) in [4.78, 5) is 33.0. The molecule has 0 aliphatic carbocycles. The predicted octanol–water partition coefficient (Wildman–Crippen LogP) is 5.95. The molecule has 6 nitrogen and oxygen atoms in total. The number of likely N-dealkylation sites (N-methyl/N-ethyl adjacent to an activating group) is 1. The van der Waals surface area contributed by atoms with Crippen LogP contribution in [-0.2, 0) is 11.3 Å². The number of fused-ring (bicyclic) bond motifs is 1. The molecular weight excluding hydrogens is 508 g/mol. The number of halogens is 1. The number of nitrogens with zero attached hydrogens (tertiary/aromatic N) is 3. The van der Waals surface area contributed by atoms with Crippen molar-refractivity contribution >= 4 is 34.8 Å². The average molecular weight is 545 g/mol. The van der Waals surface area contributed by atoms with E-state index in [0.29, 0.717) is 30.1 Å². The molecule has 1 atom stereocenters. The summed E-state index contributed by atoms with van der Waals surface area (Å²) in [6.45, 7) is 6.74. The molecule has 2 heterocycles. The van der Waals surface area contributed by atoms with E-state index in [9.17, 15) is 9.59 Å². The van der Waals surface area contributed by atoms with Crippen molar-refractivity contribution in [1.29, 1.82) is 0 Å². The van der Waals surface area contributed by atoms with E-state index in [-0.39, 0.29) is 17.7 Å². The lowest BCUT2D eigenvalue weighted by Gasteiger charge is -2.33. The van der Waals surface area contributed by atoms with Crippen LogP contribution in [0.4, 0.5) is 11.4 Å². The third-order valence-electron chi connectivity index (χ3n) is 8.01. The third-order valence-corrected chi connectivity index (χ3v) is 8.24. The van der Waals surface area contributed by atoms with Crippen LogP contribution in [0.5, 0.6) is 0 Å². The van der Waals surface area contributed by atoms with E-state index in [1.165, 1.54) is 5.56 Å². The van der Waals surface area contributed by atoms with Crippen LogP contribution in [0, 0.1) is 6.92 Å². The minimum atomic E-state index is -0.0250. The number of amides is 2. The number of para-hydroxylation sites is 1. The fourth-order valence-electron chi connectivity index (χ4n) is 5.58. The summed E-state index contributed by atoms with van der Waals surface area (Å²) in [5.41, 5.74) is 5.94. The number of carbonyl (C=O) groups is 2. The van der Waals surface area contributed by atoms with Gasteiger partial charge in [-0.1, -0.05) is 41.9 Å². The van der Waals surface area contributed by atoms with Crippen LogP contribution < -0.4 is 10.2 Å². The summed E-state index contributed by atoms with van der Waals surface area (Å²) in [5, 5.41) is 4.10. The predicted molar refractivity (Wildman–Crippen MR) is 159 cm³/mol. The number of hydrogen-bond acceptors (Lipinski definition) is 4. The molecule has 0 radical (unpaired) electrons. The maximum atomic E-state index is 13.7. The Morgan fingerprint density at radius 3 is 2.44 bits per heavy atom. The van der Waals surface area contributed by atoms with Gasteiger partial charge in [0.15, 0.2) is 0 Å². The van der Waals surface area contributed by atoms with Gasteiger partial charge in [-0.25, -0.2) is 0 Å². The van der Waals surface area contributed by atoms with Gasteiger partial charge in [0, 0.05) is 67.7 Å². The monoisotopic (exact) mass is 544 g/mol. The lowest BCUT2D eigenvalue weighted by atomic mass is 9.90. The lowest BCUT2D eigenvalue weighted by Crippen LogP contribution is -2.47. The summed E-state index contributed by atoms with van der Waals surface area (Å²) in [6.07, 6.45) is 2.12. The van der Waals surface area contributed by atoms with Gasteiger partial charge >= 0.3 is 0 Å². The van der Waals surface area contributed by atoms with Crippen molar-refractivity contribution in [2.45, 2.75) is 38.6 Å². The number of aryl methyl sites for hydroxylation is 1. The van der Waals surface area contributed by atoms with Crippen LogP contribution in [-0.4, -0.2) is 61.4 Å². The molecule has 1 saturated heterocycles. The fourth-order valence-corrected chi connectivity index (χ4v) is 5.76. The van der Waals surface area contributed by atoms with E-state index < -0.39 is 0 Å². The van der Waals surface area contributed by atoms with Gasteiger partial charge in [-0.2, -0.15) is 0 Å². The molecule has 5 rings (SSSR count). The first-order valence-electron chi connectivity index (χ1n) is 13.8. The molecule has 7 heteroatoms. The highest BCUT2D eigenvalue weighted by atomic mass is 35.5. The molecule has 0 saturated carbocycles. The zero-order chi connectivity index (χ0) is 27.4.